The van der Waals surface area contributed by atoms with Crippen molar-refractivity contribution < 1.29 is 22.8 Å². The Labute approximate surface area is 196 Å². The normalized spacial score (nSPS) is 12.4. The second kappa shape index (κ2) is 10.2. The smallest absolute Gasteiger partial charge is 0.416 e. The van der Waals surface area contributed by atoms with Crippen LogP contribution >= 0.6 is 0 Å². The summed E-state index contributed by atoms with van der Waals surface area (Å²) in [6.45, 7) is 2.14. The maximum Gasteiger partial charge on any atom is 0.416 e. The van der Waals surface area contributed by atoms with E-state index in [1.165, 1.54) is 17.7 Å². The maximum absolute atomic E-state index is 12.8. The molecule has 0 amide bonds. The Morgan fingerprint density at radius 3 is 2.29 bits per heavy atom. The number of fused-ring (bicyclic) bond motifs is 1. The molecule has 3 aromatic carbocycles. The number of alkyl halides is 3. The molecule has 0 fully saturated rings. The van der Waals surface area contributed by atoms with Crippen molar-refractivity contribution in [2.24, 2.45) is 0 Å². The Morgan fingerprint density at radius 1 is 0.941 bits per heavy atom. The van der Waals surface area contributed by atoms with Gasteiger partial charge in [-0.3, -0.25) is 0 Å². The third kappa shape index (κ3) is 5.51. The number of halogens is 3. The number of hydrogen-bond donors (Lipinski definition) is 0. The van der Waals surface area contributed by atoms with E-state index in [9.17, 15) is 18.4 Å². The van der Waals surface area contributed by atoms with E-state index in [4.69, 9.17) is 4.42 Å². The fourth-order valence-corrected chi connectivity index (χ4v) is 3.82. The quantitative estimate of drug-likeness (QED) is 0.224. The second-order valence-corrected chi connectivity index (χ2v) is 8.12. The monoisotopic (exact) mass is 461 g/mol. The van der Waals surface area contributed by atoms with Crippen LogP contribution in [-0.2, 0) is 24.2 Å². The fourth-order valence-electron chi connectivity index (χ4n) is 3.82. The number of rotatable bonds is 6. The molecule has 0 bridgehead atoms. The van der Waals surface area contributed by atoms with E-state index < -0.39 is 17.8 Å². The van der Waals surface area contributed by atoms with Gasteiger partial charge in [-0.1, -0.05) is 61.0 Å². The van der Waals surface area contributed by atoms with Gasteiger partial charge in [-0.05, 0) is 65.9 Å². The summed E-state index contributed by atoms with van der Waals surface area (Å²) in [5.41, 5.74) is 7.19. The highest BCUT2D eigenvalue weighted by atomic mass is 19.4. The summed E-state index contributed by atoms with van der Waals surface area (Å²) in [6.07, 6.45) is -0.455. The van der Waals surface area contributed by atoms with Gasteiger partial charge in [0.05, 0.1) is 17.2 Å². The molecule has 1 heterocycles. The summed E-state index contributed by atoms with van der Waals surface area (Å²) in [4.78, 5) is 0. The largest absolute Gasteiger partial charge is 0.463 e. The molecule has 4 rings (SSSR count). The van der Waals surface area contributed by atoms with Crippen molar-refractivity contribution in [2.75, 3.05) is 0 Å². The zero-order valence-electron chi connectivity index (χ0n) is 18.5. The third-order valence-electron chi connectivity index (χ3n) is 5.65. The predicted octanol–water partition coefficient (Wildman–Crippen LogP) is 7.04. The van der Waals surface area contributed by atoms with Crippen molar-refractivity contribution in [3.8, 4) is 11.8 Å². The third-order valence-corrected chi connectivity index (χ3v) is 5.65. The summed E-state index contributed by atoms with van der Waals surface area (Å²) in [5, 5.41) is 12.3. The van der Waals surface area contributed by atoms with E-state index in [0.29, 0.717) is 11.1 Å². The van der Waals surface area contributed by atoms with Crippen LogP contribution in [0.4, 0.5) is 13.2 Å². The van der Waals surface area contributed by atoms with E-state index in [1.807, 2.05) is 24.3 Å². The van der Waals surface area contributed by atoms with E-state index in [2.05, 4.69) is 36.4 Å². The summed E-state index contributed by atoms with van der Waals surface area (Å²) in [5.74, 6) is 6.30. The van der Waals surface area contributed by atoms with Gasteiger partial charge in [0, 0.05) is 10.9 Å². The lowest BCUT2D eigenvalue weighted by Crippen LogP contribution is -2.13. The molecule has 0 aliphatic rings. The van der Waals surface area contributed by atoms with E-state index in [1.54, 1.807) is 12.3 Å². The fraction of sp³-hybridized carbons (Fsp3) is 0.214. The van der Waals surface area contributed by atoms with Gasteiger partial charge in [0.2, 0.25) is 0 Å². The summed E-state index contributed by atoms with van der Waals surface area (Å²) in [7, 11) is 0. The minimum absolute atomic E-state index is 0.252. The molecule has 1 unspecified atom stereocenters. The number of aryl methyl sites for hydroxylation is 1. The number of benzene rings is 3. The number of nitrogens with zero attached hydrogens (tertiary/aromatic N) is 1. The number of furan rings is 1. The first-order valence-corrected chi connectivity index (χ1v) is 11.0. The molecule has 34 heavy (non-hydrogen) atoms. The van der Waals surface area contributed by atoms with Gasteiger partial charge in [-0.15, -0.1) is 5.21 Å². The lowest BCUT2D eigenvalue weighted by Gasteiger charge is -2.14. The van der Waals surface area contributed by atoms with Crippen LogP contribution in [0.1, 0.15) is 52.8 Å². The van der Waals surface area contributed by atoms with Crippen LogP contribution in [0, 0.1) is 11.8 Å². The maximum atomic E-state index is 12.8. The van der Waals surface area contributed by atoms with Crippen LogP contribution in [0.3, 0.4) is 0 Å². The highest BCUT2D eigenvalue weighted by Gasteiger charge is 2.30. The molecule has 172 valence electrons. The van der Waals surface area contributed by atoms with Crippen molar-refractivity contribution >= 4 is 11.0 Å². The predicted molar refractivity (Wildman–Crippen MR) is 123 cm³/mol. The molecule has 1 aromatic heterocycles. The van der Waals surface area contributed by atoms with Gasteiger partial charge >= 0.3 is 6.18 Å². The van der Waals surface area contributed by atoms with Crippen molar-refractivity contribution in [3.05, 3.63) is 106 Å². The Bertz CT molecular complexity index is 1310. The molecule has 0 N–H and O–H groups in total. The molecule has 6 heteroatoms. The molecule has 0 spiro atoms. The minimum Gasteiger partial charge on any atom is -0.463 e. The highest BCUT2D eigenvalue weighted by Crippen LogP contribution is 2.31. The van der Waals surface area contributed by atoms with Crippen LogP contribution in [-0.4, -0.2) is 0 Å². The van der Waals surface area contributed by atoms with Gasteiger partial charge in [0.1, 0.15) is 11.8 Å². The molecule has 0 saturated carbocycles. The molecular formula is C28H22F3NO2. The van der Waals surface area contributed by atoms with Crippen LogP contribution in [0.15, 0.2) is 77.4 Å². The Morgan fingerprint density at radius 2 is 1.65 bits per heavy atom. The highest BCUT2D eigenvalue weighted by molar-refractivity contribution is 5.84. The second-order valence-electron chi connectivity index (χ2n) is 8.12. The molecule has 1 atom stereocenters. The van der Waals surface area contributed by atoms with Crippen molar-refractivity contribution in [3.63, 3.8) is 0 Å². The number of hydroxylamine groups is 1. The minimum atomic E-state index is -4.43. The molecule has 0 saturated heterocycles. The average Bonchev–Trinajstić information content (AvgIpc) is 3.24. The van der Waals surface area contributed by atoms with Crippen LogP contribution in [0.25, 0.3) is 11.0 Å². The van der Waals surface area contributed by atoms with Gasteiger partial charge in [0.25, 0.3) is 0 Å². The Balaban J connectivity index is 1.55. The lowest BCUT2D eigenvalue weighted by molar-refractivity contribution is -0.137. The summed E-state index contributed by atoms with van der Waals surface area (Å²) in [6, 6.07) is 17.4. The van der Waals surface area contributed by atoms with Crippen molar-refractivity contribution in [1.29, 1.82) is 0 Å². The van der Waals surface area contributed by atoms with Crippen LogP contribution in [0.2, 0.25) is 0 Å². The van der Waals surface area contributed by atoms with Gasteiger partial charge in [-0.25, -0.2) is 0 Å². The Kier molecular flexibility index (Phi) is 7.06. The van der Waals surface area contributed by atoms with Gasteiger partial charge in [-0.2, -0.15) is 13.2 Å². The van der Waals surface area contributed by atoms with Gasteiger partial charge < -0.3 is 4.42 Å². The molecule has 4 aromatic rings. The van der Waals surface area contributed by atoms with E-state index >= 15 is 0 Å². The van der Waals surface area contributed by atoms with Crippen LogP contribution in [0.5, 0.6) is 0 Å². The number of hydrogen-bond acceptors (Lipinski definition) is 1. The Hall–Kier alpha value is -3.53. The van der Waals surface area contributed by atoms with Crippen LogP contribution < -0.4 is 5.48 Å². The van der Waals surface area contributed by atoms with Crippen molar-refractivity contribution in [1.82, 2.24) is 5.48 Å². The lowest BCUT2D eigenvalue weighted by atomic mass is 9.97. The standard InChI is InChI=1S/C28H22F3NO2/c1-2-3-19-4-6-20(7-5-19)8-10-23-18-34-27-15-9-21(16-25(23)27)17-26(32-33)22-11-13-24(14-12-22)28(29,30)31/h4-7,9,11-16,18,26H,2-3,17H2,1H3. The first-order chi connectivity index (χ1) is 16.4. The first kappa shape index (κ1) is 23.6. The molecular weight excluding hydrogens is 439 g/mol. The summed E-state index contributed by atoms with van der Waals surface area (Å²) < 4.78 is 44.1. The zero-order valence-corrected chi connectivity index (χ0v) is 18.5. The topological polar surface area (TPSA) is 47.1 Å². The molecule has 0 aliphatic carbocycles. The zero-order chi connectivity index (χ0) is 24.1. The van der Waals surface area contributed by atoms with Gasteiger partial charge in [0.15, 0.2) is 0 Å². The average molecular weight is 461 g/mol. The molecule has 2 radical (unpaired) electrons. The SMILES string of the molecule is CCCc1ccc(C#Cc2coc3ccc(CC([N][O])c4ccc(C(F)(F)F)cc4)cc23)cc1. The summed E-state index contributed by atoms with van der Waals surface area (Å²) >= 11 is 0. The molecule has 0 aliphatic heterocycles. The van der Waals surface area contributed by atoms with E-state index in [-0.39, 0.29) is 6.42 Å². The first-order valence-electron chi connectivity index (χ1n) is 11.0. The van der Waals surface area contributed by atoms with Crippen molar-refractivity contribution in [2.45, 2.75) is 38.4 Å². The molecule has 3 nitrogen and oxygen atoms in total. The van der Waals surface area contributed by atoms with E-state index in [0.717, 1.165) is 47.1 Å².